The van der Waals surface area contributed by atoms with Gasteiger partial charge in [0.05, 0.1) is 11.3 Å². The van der Waals surface area contributed by atoms with Gasteiger partial charge < -0.3 is 5.32 Å². The van der Waals surface area contributed by atoms with Crippen LogP contribution in [0.5, 0.6) is 0 Å². The van der Waals surface area contributed by atoms with Crippen LogP contribution in [0.3, 0.4) is 0 Å². The molecule has 1 aromatic carbocycles. The van der Waals surface area contributed by atoms with Gasteiger partial charge in [0.1, 0.15) is 10.4 Å². The Labute approximate surface area is 120 Å². The first-order chi connectivity index (χ1) is 8.86. The first-order valence-electron chi connectivity index (χ1n) is 5.12. The average molecular weight is 352 g/mol. The second-order valence-electron chi connectivity index (χ2n) is 3.66. The molecule has 2 aromatic rings. The maximum Gasteiger partial charge on any atom is 0.418 e. The van der Waals surface area contributed by atoms with E-state index in [1.54, 1.807) is 18.2 Å². The van der Waals surface area contributed by atoms with Crippen molar-refractivity contribution in [3.8, 4) is 0 Å². The lowest BCUT2D eigenvalue weighted by Crippen LogP contribution is -2.09. The zero-order chi connectivity index (χ0) is 14.0. The third-order valence-electron chi connectivity index (χ3n) is 2.26. The number of rotatable bonds is 2. The Bertz CT molecular complexity index is 602. The summed E-state index contributed by atoms with van der Waals surface area (Å²) >= 11 is 8.75. The van der Waals surface area contributed by atoms with Crippen molar-refractivity contribution in [3.63, 3.8) is 0 Å². The summed E-state index contributed by atoms with van der Waals surface area (Å²) in [5.74, 6) is 0.308. The summed E-state index contributed by atoms with van der Waals surface area (Å²) in [5.41, 5.74) is -0.927. The van der Waals surface area contributed by atoms with Gasteiger partial charge in [-0.3, -0.25) is 0 Å². The molecule has 0 aliphatic carbocycles. The maximum absolute atomic E-state index is 12.9. The van der Waals surface area contributed by atoms with Crippen LogP contribution in [-0.2, 0) is 6.18 Å². The number of nitrogens with zero attached hydrogens (tertiary/aromatic N) is 1. The molecule has 7 heteroatoms. The van der Waals surface area contributed by atoms with Crippen LogP contribution in [0.25, 0.3) is 0 Å². The molecule has 100 valence electrons. The van der Waals surface area contributed by atoms with Crippen molar-refractivity contribution in [2.24, 2.45) is 0 Å². The molecule has 19 heavy (non-hydrogen) atoms. The van der Waals surface area contributed by atoms with E-state index in [4.69, 9.17) is 11.6 Å². The highest BCUT2D eigenvalue weighted by Gasteiger charge is 2.33. The first kappa shape index (κ1) is 14.1. The second kappa shape index (κ2) is 5.38. The van der Waals surface area contributed by atoms with E-state index in [0.29, 0.717) is 10.4 Å². The van der Waals surface area contributed by atoms with Crippen LogP contribution in [0.15, 0.2) is 41.0 Å². The van der Waals surface area contributed by atoms with Gasteiger partial charge in [0.15, 0.2) is 0 Å². The van der Waals surface area contributed by atoms with E-state index in [0.717, 1.165) is 6.07 Å². The molecule has 0 spiro atoms. The molecular weight excluding hydrogens is 344 g/mol. The summed E-state index contributed by atoms with van der Waals surface area (Å²) < 4.78 is 39.2. The lowest BCUT2D eigenvalue weighted by molar-refractivity contribution is -0.136. The number of alkyl halides is 3. The third-order valence-corrected chi connectivity index (χ3v) is 2.94. The summed E-state index contributed by atoms with van der Waals surface area (Å²) in [6.45, 7) is 0. The van der Waals surface area contributed by atoms with Crippen LogP contribution in [0.4, 0.5) is 24.7 Å². The topological polar surface area (TPSA) is 24.9 Å². The summed E-state index contributed by atoms with van der Waals surface area (Å²) in [4.78, 5) is 4.02. The monoisotopic (exact) mass is 350 g/mol. The molecule has 0 unspecified atom stereocenters. The summed E-state index contributed by atoms with van der Waals surface area (Å²) in [5, 5.41) is 2.66. The van der Waals surface area contributed by atoms with E-state index < -0.39 is 11.7 Å². The lowest BCUT2D eigenvalue weighted by Gasteiger charge is -2.14. The van der Waals surface area contributed by atoms with Gasteiger partial charge in [0, 0.05) is 5.02 Å². The van der Waals surface area contributed by atoms with E-state index in [2.05, 4.69) is 26.2 Å². The molecule has 0 aliphatic heterocycles. The molecule has 0 atom stereocenters. The highest BCUT2D eigenvalue weighted by Crippen LogP contribution is 2.37. The van der Waals surface area contributed by atoms with Crippen molar-refractivity contribution >= 4 is 39.0 Å². The Balaban J connectivity index is 2.40. The first-order valence-corrected chi connectivity index (χ1v) is 6.30. The highest BCUT2D eigenvalue weighted by atomic mass is 79.9. The molecule has 0 radical (unpaired) electrons. The normalized spacial score (nSPS) is 11.4. The molecule has 0 saturated carbocycles. The molecule has 0 saturated heterocycles. The molecule has 1 heterocycles. The predicted octanol–water partition coefficient (Wildman–Crippen LogP) is 5.26. The molecule has 1 N–H and O–H groups in total. The molecular formula is C12H7BrClF3N2. The van der Waals surface area contributed by atoms with E-state index in [9.17, 15) is 13.2 Å². The molecule has 0 fully saturated rings. The Morgan fingerprint density at radius 2 is 1.89 bits per heavy atom. The molecule has 0 aliphatic rings. The number of nitrogens with one attached hydrogen (secondary N) is 1. The van der Waals surface area contributed by atoms with Crippen molar-refractivity contribution < 1.29 is 13.2 Å². The zero-order valence-electron chi connectivity index (χ0n) is 9.30. The smallest absolute Gasteiger partial charge is 0.340 e. The number of hydrogen-bond acceptors (Lipinski definition) is 2. The standard InChI is InChI=1S/C12H7BrClF3N2/c13-10-2-1-3-11(19-10)18-9-5-4-7(14)6-8(9)12(15,16)17/h1-6H,(H,18,19). The van der Waals surface area contributed by atoms with Crippen molar-refractivity contribution in [2.75, 3.05) is 5.32 Å². The van der Waals surface area contributed by atoms with Crippen molar-refractivity contribution in [3.05, 3.63) is 51.6 Å². The number of anilines is 2. The van der Waals surface area contributed by atoms with Crippen molar-refractivity contribution in [1.82, 2.24) is 4.98 Å². The SMILES string of the molecule is FC(F)(F)c1cc(Cl)ccc1Nc1cccc(Br)n1. The van der Waals surface area contributed by atoms with Gasteiger partial charge >= 0.3 is 6.18 Å². The molecule has 2 rings (SSSR count). The Morgan fingerprint density at radius 1 is 1.16 bits per heavy atom. The van der Waals surface area contributed by atoms with E-state index >= 15 is 0 Å². The van der Waals surface area contributed by atoms with E-state index in [1.165, 1.54) is 12.1 Å². The van der Waals surface area contributed by atoms with Crippen LogP contribution in [0.2, 0.25) is 5.02 Å². The summed E-state index contributed by atoms with van der Waals surface area (Å²) in [6, 6.07) is 8.45. The molecule has 1 aromatic heterocycles. The summed E-state index contributed by atoms with van der Waals surface area (Å²) in [7, 11) is 0. The van der Waals surface area contributed by atoms with Gasteiger partial charge in [-0.25, -0.2) is 4.98 Å². The minimum atomic E-state index is -4.49. The van der Waals surface area contributed by atoms with Gasteiger partial charge in [-0.15, -0.1) is 0 Å². The zero-order valence-corrected chi connectivity index (χ0v) is 11.6. The van der Waals surface area contributed by atoms with Gasteiger partial charge in [-0.05, 0) is 46.3 Å². The Morgan fingerprint density at radius 3 is 2.53 bits per heavy atom. The van der Waals surface area contributed by atoms with Crippen LogP contribution in [0, 0.1) is 0 Å². The average Bonchev–Trinajstić information content (AvgIpc) is 2.30. The fourth-order valence-electron chi connectivity index (χ4n) is 1.48. The van der Waals surface area contributed by atoms with Crippen LogP contribution < -0.4 is 5.32 Å². The fraction of sp³-hybridized carbons (Fsp3) is 0.0833. The molecule has 0 amide bonds. The van der Waals surface area contributed by atoms with Crippen LogP contribution in [0.1, 0.15) is 5.56 Å². The van der Waals surface area contributed by atoms with Gasteiger partial charge in [-0.2, -0.15) is 13.2 Å². The quantitative estimate of drug-likeness (QED) is 0.747. The van der Waals surface area contributed by atoms with Crippen molar-refractivity contribution in [2.45, 2.75) is 6.18 Å². The predicted molar refractivity (Wildman–Crippen MR) is 71.7 cm³/mol. The number of aromatic nitrogens is 1. The van der Waals surface area contributed by atoms with Crippen LogP contribution in [-0.4, -0.2) is 4.98 Å². The van der Waals surface area contributed by atoms with E-state index in [1.807, 2.05) is 0 Å². The Kier molecular flexibility index (Phi) is 4.01. The van der Waals surface area contributed by atoms with E-state index in [-0.39, 0.29) is 10.7 Å². The Hall–Kier alpha value is -1.27. The van der Waals surface area contributed by atoms with Gasteiger partial charge in [0.25, 0.3) is 0 Å². The number of hydrogen-bond donors (Lipinski definition) is 1. The molecule has 2 nitrogen and oxygen atoms in total. The van der Waals surface area contributed by atoms with Gasteiger partial charge in [0.2, 0.25) is 0 Å². The second-order valence-corrected chi connectivity index (χ2v) is 4.91. The number of benzene rings is 1. The minimum Gasteiger partial charge on any atom is -0.340 e. The third kappa shape index (κ3) is 3.61. The number of pyridine rings is 1. The molecule has 0 bridgehead atoms. The minimum absolute atomic E-state index is 0.0278. The highest BCUT2D eigenvalue weighted by molar-refractivity contribution is 9.10. The largest absolute Gasteiger partial charge is 0.418 e. The van der Waals surface area contributed by atoms with Crippen molar-refractivity contribution in [1.29, 1.82) is 0 Å². The maximum atomic E-state index is 12.9. The fourth-order valence-corrected chi connectivity index (χ4v) is 1.99. The summed E-state index contributed by atoms with van der Waals surface area (Å²) in [6.07, 6.45) is -4.49. The lowest BCUT2D eigenvalue weighted by atomic mass is 10.1. The van der Waals surface area contributed by atoms with Crippen LogP contribution >= 0.6 is 27.5 Å². The number of halogens is 5. The van der Waals surface area contributed by atoms with Gasteiger partial charge in [-0.1, -0.05) is 17.7 Å².